The Hall–Kier alpha value is -0.770. The quantitative estimate of drug-likeness (QED) is 0.666. The summed E-state index contributed by atoms with van der Waals surface area (Å²) in [4.78, 5) is 12.8. The number of carbonyl (C=O) groups excluding carboxylic acids is 1. The van der Waals surface area contributed by atoms with E-state index in [2.05, 4.69) is 5.32 Å². The number of rotatable bonds is 5. The summed E-state index contributed by atoms with van der Waals surface area (Å²) in [7, 11) is 3.91. The molecule has 0 aromatic heterocycles. The molecule has 1 N–H and O–H groups in total. The highest BCUT2D eigenvalue weighted by Crippen LogP contribution is 1.81. The number of nitrogens with zero attached hydrogens (tertiary/aromatic N) is 1. The van der Waals surface area contributed by atoms with E-state index in [1.54, 1.807) is 0 Å². The molecular weight excluding hydrogens is 156 g/mol. The van der Waals surface area contributed by atoms with Gasteiger partial charge in [-0.2, -0.15) is 0 Å². The minimum absolute atomic E-state index is 0.321. The van der Waals surface area contributed by atoms with Crippen LogP contribution in [0.3, 0.4) is 0 Å². The largest absolute Gasteiger partial charge is 0.450 e. The van der Waals surface area contributed by atoms with Crippen molar-refractivity contribution in [3.63, 3.8) is 0 Å². The molecule has 0 aliphatic carbocycles. The van der Waals surface area contributed by atoms with Gasteiger partial charge in [0.2, 0.25) is 0 Å². The first-order valence-electron chi connectivity index (χ1n) is 4.22. The number of nitrogens with one attached hydrogen (secondary N) is 1. The van der Waals surface area contributed by atoms with Gasteiger partial charge < -0.3 is 15.0 Å². The van der Waals surface area contributed by atoms with E-state index in [0.29, 0.717) is 13.2 Å². The molecule has 0 fully saturated rings. The van der Waals surface area contributed by atoms with Crippen LogP contribution in [0.1, 0.15) is 13.3 Å². The van der Waals surface area contributed by atoms with E-state index < -0.39 is 0 Å². The van der Waals surface area contributed by atoms with E-state index in [0.717, 1.165) is 13.0 Å². The van der Waals surface area contributed by atoms with Crippen LogP contribution in [-0.4, -0.2) is 44.8 Å². The average molecular weight is 174 g/mol. The molecule has 0 heterocycles. The van der Waals surface area contributed by atoms with Crippen LogP contribution >= 0.6 is 0 Å². The van der Waals surface area contributed by atoms with Crippen LogP contribution < -0.4 is 5.32 Å². The molecule has 0 aliphatic rings. The molecule has 4 nitrogen and oxygen atoms in total. The number of hydrogen-bond acceptors (Lipinski definition) is 3. The van der Waals surface area contributed by atoms with Gasteiger partial charge in [0, 0.05) is 13.1 Å². The number of hydrogen-bond donors (Lipinski definition) is 1. The Morgan fingerprint density at radius 1 is 1.50 bits per heavy atom. The molecule has 0 aromatic carbocycles. The second-order valence-electron chi connectivity index (χ2n) is 2.87. The third kappa shape index (κ3) is 7.34. The van der Waals surface area contributed by atoms with Crippen LogP contribution in [0.25, 0.3) is 0 Å². The van der Waals surface area contributed by atoms with E-state index >= 15 is 0 Å². The molecule has 0 bridgehead atoms. The molecule has 0 rings (SSSR count). The smallest absolute Gasteiger partial charge is 0.407 e. The van der Waals surface area contributed by atoms with Crippen molar-refractivity contribution in [1.29, 1.82) is 0 Å². The zero-order valence-electron chi connectivity index (χ0n) is 8.09. The molecule has 1 amide bonds. The fourth-order valence-corrected chi connectivity index (χ4v) is 0.627. The highest BCUT2D eigenvalue weighted by atomic mass is 16.5. The second kappa shape index (κ2) is 6.91. The number of carbonyl (C=O) groups is 1. The Morgan fingerprint density at radius 2 is 2.17 bits per heavy atom. The first kappa shape index (κ1) is 11.2. The van der Waals surface area contributed by atoms with Gasteiger partial charge in [-0.25, -0.2) is 4.79 Å². The topological polar surface area (TPSA) is 41.6 Å². The van der Waals surface area contributed by atoms with Crippen molar-refractivity contribution in [3.05, 3.63) is 0 Å². The maximum atomic E-state index is 10.8. The van der Waals surface area contributed by atoms with Crippen LogP contribution in [-0.2, 0) is 4.74 Å². The molecule has 0 spiro atoms. The summed E-state index contributed by atoms with van der Waals surface area (Å²) in [6, 6.07) is 0. The summed E-state index contributed by atoms with van der Waals surface area (Å²) >= 11 is 0. The second-order valence-corrected chi connectivity index (χ2v) is 2.87. The van der Waals surface area contributed by atoms with Crippen LogP contribution in [0.4, 0.5) is 4.79 Å². The summed E-state index contributed by atoms with van der Waals surface area (Å²) in [5.74, 6) is 0. The molecule has 12 heavy (non-hydrogen) atoms. The summed E-state index contributed by atoms with van der Waals surface area (Å²) in [5, 5.41) is 2.65. The fourth-order valence-electron chi connectivity index (χ4n) is 0.627. The lowest BCUT2D eigenvalue weighted by Gasteiger charge is -2.10. The molecule has 0 aliphatic heterocycles. The molecule has 0 saturated heterocycles. The van der Waals surface area contributed by atoms with Crippen molar-refractivity contribution in [2.75, 3.05) is 33.8 Å². The van der Waals surface area contributed by atoms with Gasteiger partial charge in [0.15, 0.2) is 0 Å². The zero-order chi connectivity index (χ0) is 9.40. The monoisotopic (exact) mass is 174 g/mol. The lowest BCUT2D eigenvalue weighted by Crippen LogP contribution is -2.31. The first-order valence-corrected chi connectivity index (χ1v) is 4.22. The molecular formula is C8H18N2O2. The van der Waals surface area contributed by atoms with Crippen LogP contribution in [0.15, 0.2) is 0 Å². The minimum Gasteiger partial charge on any atom is -0.450 e. The Bertz CT molecular complexity index is 126. The van der Waals surface area contributed by atoms with Crippen molar-refractivity contribution < 1.29 is 9.53 Å². The van der Waals surface area contributed by atoms with E-state index in [1.165, 1.54) is 0 Å². The average Bonchev–Trinajstić information content (AvgIpc) is 2.00. The summed E-state index contributed by atoms with van der Waals surface area (Å²) < 4.78 is 4.80. The van der Waals surface area contributed by atoms with Crippen LogP contribution in [0, 0.1) is 0 Å². The molecule has 4 heteroatoms. The number of likely N-dealkylation sites (N-methyl/N-ethyl adjacent to an activating group) is 1. The lowest BCUT2D eigenvalue weighted by atomic mass is 10.5. The van der Waals surface area contributed by atoms with Gasteiger partial charge in [-0.3, -0.25) is 0 Å². The molecule has 0 unspecified atom stereocenters. The zero-order valence-corrected chi connectivity index (χ0v) is 8.09. The Balaban J connectivity index is 3.20. The van der Waals surface area contributed by atoms with Gasteiger partial charge in [-0.05, 0) is 20.5 Å². The Kier molecular flexibility index (Phi) is 6.47. The van der Waals surface area contributed by atoms with Crippen LogP contribution in [0.2, 0.25) is 0 Å². The SMILES string of the molecule is CCCOC(=O)NCCN(C)C. The summed E-state index contributed by atoms with van der Waals surface area (Å²) in [5.41, 5.74) is 0. The highest BCUT2D eigenvalue weighted by molar-refractivity contribution is 5.66. The summed E-state index contributed by atoms with van der Waals surface area (Å²) in [6.07, 6.45) is 0.542. The van der Waals surface area contributed by atoms with Crippen molar-refractivity contribution in [2.24, 2.45) is 0 Å². The molecule has 0 saturated carbocycles. The van der Waals surface area contributed by atoms with Crippen molar-refractivity contribution in [3.8, 4) is 0 Å². The maximum Gasteiger partial charge on any atom is 0.407 e. The minimum atomic E-state index is -0.321. The third-order valence-electron chi connectivity index (χ3n) is 1.27. The lowest BCUT2D eigenvalue weighted by molar-refractivity contribution is 0.145. The van der Waals surface area contributed by atoms with Gasteiger partial charge in [-0.1, -0.05) is 6.92 Å². The van der Waals surface area contributed by atoms with Crippen molar-refractivity contribution in [1.82, 2.24) is 10.2 Å². The maximum absolute atomic E-state index is 10.8. The Morgan fingerprint density at radius 3 is 2.67 bits per heavy atom. The van der Waals surface area contributed by atoms with Crippen molar-refractivity contribution in [2.45, 2.75) is 13.3 Å². The van der Waals surface area contributed by atoms with E-state index in [9.17, 15) is 4.79 Å². The van der Waals surface area contributed by atoms with Gasteiger partial charge in [0.1, 0.15) is 0 Å². The van der Waals surface area contributed by atoms with E-state index in [4.69, 9.17) is 4.74 Å². The van der Waals surface area contributed by atoms with Gasteiger partial charge >= 0.3 is 6.09 Å². The predicted molar refractivity (Wildman–Crippen MR) is 48.2 cm³/mol. The molecule has 0 radical (unpaired) electrons. The van der Waals surface area contributed by atoms with Gasteiger partial charge in [0.25, 0.3) is 0 Å². The molecule has 0 aromatic rings. The standard InChI is InChI=1S/C8H18N2O2/c1-4-7-12-8(11)9-5-6-10(2)3/h4-7H2,1-3H3,(H,9,11). The van der Waals surface area contributed by atoms with Gasteiger partial charge in [0.05, 0.1) is 6.61 Å². The third-order valence-corrected chi connectivity index (χ3v) is 1.27. The van der Waals surface area contributed by atoms with Crippen molar-refractivity contribution >= 4 is 6.09 Å². The number of ether oxygens (including phenoxy) is 1. The molecule has 0 atom stereocenters. The van der Waals surface area contributed by atoms with E-state index in [-0.39, 0.29) is 6.09 Å². The van der Waals surface area contributed by atoms with Crippen LogP contribution in [0.5, 0.6) is 0 Å². The predicted octanol–water partition coefficient (Wildman–Crippen LogP) is 0.684. The van der Waals surface area contributed by atoms with Gasteiger partial charge in [-0.15, -0.1) is 0 Å². The normalized spacial score (nSPS) is 10.0. The Labute approximate surface area is 73.9 Å². The fraction of sp³-hybridized carbons (Fsp3) is 0.875. The molecule has 72 valence electrons. The first-order chi connectivity index (χ1) is 5.66. The summed E-state index contributed by atoms with van der Waals surface area (Å²) in [6.45, 7) is 3.93. The number of amides is 1. The highest BCUT2D eigenvalue weighted by Gasteiger charge is 1.98. The number of alkyl carbamates (subject to hydrolysis) is 1. The van der Waals surface area contributed by atoms with E-state index in [1.807, 2.05) is 25.9 Å².